The Kier molecular flexibility index (Phi) is 2.83. The van der Waals surface area contributed by atoms with Crippen molar-refractivity contribution >= 4 is 16.9 Å². The molecule has 0 amide bonds. The Morgan fingerprint density at radius 2 is 1.95 bits per heavy atom. The molecule has 0 radical (unpaired) electrons. The van der Waals surface area contributed by atoms with Gasteiger partial charge in [-0.15, -0.1) is 0 Å². The predicted molar refractivity (Wildman–Crippen MR) is 72.7 cm³/mol. The number of anilines is 1. The van der Waals surface area contributed by atoms with Gasteiger partial charge in [0.2, 0.25) is 0 Å². The summed E-state index contributed by atoms with van der Waals surface area (Å²) in [6.07, 6.45) is 6.67. The molecule has 96 valence electrons. The molecule has 0 spiro atoms. The van der Waals surface area contributed by atoms with Crippen molar-refractivity contribution in [2.45, 2.75) is 19.9 Å². The molecule has 0 bridgehead atoms. The van der Waals surface area contributed by atoms with Gasteiger partial charge in [0.15, 0.2) is 0 Å². The number of nitrogens with one attached hydrogen (secondary N) is 2. The van der Waals surface area contributed by atoms with Crippen LogP contribution in [0.4, 0.5) is 5.82 Å². The molecule has 19 heavy (non-hydrogen) atoms. The molecule has 0 unspecified atom stereocenters. The molecule has 3 rings (SSSR count). The summed E-state index contributed by atoms with van der Waals surface area (Å²) >= 11 is 0. The summed E-state index contributed by atoms with van der Waals surface area (Å²) in [5, 5.41) is 4.35. The molecule has 6 nitrogen and oxygen atoms in total. The van der Waals surface area contributed by atoms with Crippen LogP contribution in [0.25, 0.3) is 11.0 Å². The number of aromatic amines is 1. The monoisotopic (exact) mass is 254 g/mol. The van der Waals surface area contributed by atoms with E-state index >= 15 is 0 Å². The molecule has 0 aromatic carbocycles. The zero-order chi connectivity index (χ0) is 13.2. The second-order valence-electron chi connectivity index (χ2n) is 4.47. The third kappa shape index (κ3) is 2.24. The molecule has 0 aliphatic heterocycles. The SMILES string of the molecule is Cc1cc2c(N[C@@H](C)c3cncnc3)ncnc2[nH]1. The third-order valence-electron chi connectivity index (χ3n) is 2.99. The highest BCUT2D eigenvalue weighted by atomic mass is 15.1. The summed E-state index contributed by atoms with van der Waals surface area (Å²) in [5.41, 5.74) is 2.92. The molecule has 0 fully saturated rings. The molecular formula is C13H14N6. The van der Waals surface area contributed by atoms with Gasteiger partial charge in [0.05, 0.1) is 11.4 Å². The maximum absolute atomic E-state index is 4.30. The zero-order valence-electron chi connectivity index (χ0n) is 10.8. The second-order valence-corrected chi connectivity index (χ2v) is 4.47. The van der Waals surface area contributed by atoms with Crippen LogP contribution in [0.1, 0.15) is 24.2 Å². The average Bonchev–Trinajstić information content (AvgIpc) is 2.81. The number of nitrogens with zero attached hydrogens (tertiary/aromatic N) is 4. The molecule has 3 aromatic rings. The van der Waals surface area contributed by atoms with Crippen molar-refractivity contribution in [2.24, 2.45) is 0 Å². The van der Waals surface area contributed by atoms with E-state index in [2.05, 4.69) is 30.2 Å². The van der Waals surface area contributed by atoms with E-state index in [0.29, 0.717) is 0 Å². The lowest BCUT2D eigenvalue weighted by molar-refractivity contribution is 0.855. The molecule has 6 heteroatoms. The first kappa shape index (κ1) is 11.6. The van der Waals surface area contributed by atoms with Crippen LogP contribution in [-0.2, 0) is 0 Å². The molecule has 0 saturated heterocycles. The standard InChI is InChI=1S/C13H14N6/c1-8-3-11-12(18-8)16-7-17-13(11)19-9(2)10-4-14-6-15-5-10/h3-7,9H,1-2H3,(H2,16,17,18,19)/t9-/m0/s1. The lowest BCUT2D eigenvalue weighted by atomic mass is 10.2. The fourth-order valence-corrected chi connectivity index (χ4v) is 2.01. The summed E-state index contributed by atoms with van der Waals surface area (Å²) in [4.78, 5) is 19.8. The molecule has 0 saturated carbocycles. The first-order valence-corrected chi connectivity index (χ1v) is 6.06. The van der Waals surface area contributed by atoms with Crippen molar-refractivity contribution in [3.05, 3.63) is 42.4 Å². The van der Waals surface area contributed by atoms with Crippen molar-refractivity contribution in [1.29, 1.82) is 0 Å². The summed E-state index contributed by atoms with van der Waals surface area (Å²) in [5.74, 6) is 0.811. The van der Waals surface area contributed by atoms with E-state index < -0.39 is 0 Å². The molecule has 0 aliphatic carbocycles. The number of fused-ring (bicyclic) bond motifs is 1. The van der Waals surface area contributed by atoms with Gasteiger partial charge in [0.25, 0.3) is 0 Å². The summed E-state index contributed by atoms with van der Waals surface area (Å²) in [6.45, 7) is 4.05. The molecule has 1 atom stereocenters. The van der Waals surface area contributed by atoms with Crippen LogP contribution in [0.3, 0.4) is 0 Å². The van der Waals surface area contributed by atoms with Crippen molar-refractivity contribution in [1.82, 2.24) is 24.9 Å². The molecule has 3 heterocycles. The highest BCUT2D eigenvalue weighted by molar-refractivity contribution is 5.87. The van der Waals surface area contributed by atoms with E-state index in [1.807, 2.05) is 19.9 Å². The summed E-state index contributed by atoms with van der Waals surface area (Å²) in [7, 11) is 0. The third-order valence-corrected chi connectivity index (χ3v) is 2.99. The van der Waals surface area contributed by atoms with E-state index in [4.69, 9.17) is 0 Å². The first-order valence-electron chi connectivity index (χ1n) is 6.06. The van der Waals surface area contributed by atoms with E-state index in [9.17, 15) is 0 Å². The Labute approximate surface area is 110 Å². The molecular weight excluding hydrogens is 240 g/mol. The number of aromatic nitrogens is 5. The average molecular weight is 254 g/mol. The van der Waals surface area contributed by atoms with E-state index in [1.165, 1.54) is 6.33 Å². The van der Waals surface area contributed by atoms with Crippen molar-refractivity contribution < 1.29 is 0 Å². The minimum Gasteiger partial charge on any atom is -0.363 e. The van der Waals surface area contributed by atoms with E-state index in [-0.39, 0.29) is 6.04 Å². The van der Waals surface area contributed by atoms with Crippen LogP contribution >= 0.6 is 0 Å². The predicted octanol–water partition coefficient (Wildman–Crippen LogP) is 2.23. The quantitative estimate of drug-likeness (QED) is 0.749. The van der Waals surface area contributed by atoms with Crippen molar-refractivity contribution in [2.75, 3.05) is 5.32 Å². The number of hydrogen-bond donors (Lipinski definition) is 2. The van der Waals surface area contributed by atoms with Crippen LogP contribution in [0, 0.1) is 6.92 Å². The lowest BCUT2D eigenvalue weighted by Gasteiger charge is -2.14. The fraction of sp³-hybridized carbons (Fsp3) is 0.231. The Morgan fingerprint density at radius 1 is 1.16 bits per heavy atom. The van der Waals surface area contributed by atoms with Gasteiger partial charge in [0.1, 0.15) is 24.1 Å². The Balaban J connectivity index is 1.93. The summed E-state index contributed by atoms with van der Waals surface area (Å²) in [6, 6.07) is 2.11. The second kappa shape index (κ2) is 4.64. The number of aryl methyl sites for hydroxylation is 1. The number of hydrogen-bond acceptors (Lipinski definition) is 5. The van der Waals surface area contributed by atoms with Gasteiger partial charge in [-0.05, 0) is 19.9 Å². The summed E-state index contributed by atoms with van der Waals surface area (Å²) < 4.78 is 0. The zero-order valence-corrected chi connectivity index (χ0v) is 10.8. The van der Waals surface area contributed by atoms with Crippen molar-refractivity contribution in [3.8, 4) is 0 Å². The van der Waals surface area contributed by atoms with Gasteiger partial charge >= 0.3 is 0 Å². The van der Waals surface area contributed by atoms with E-state index in [1.54, 1.807) is 18.7 Å². The largest absolute Gasteiger partial charge is 0.363 e. The lowest BCUT2D eigenvalue weighted by Crippen LogP contribution is -2.09. The van der Waals surface area contributed by atoms with Gasteiger partial charge in [-0.3, -0.25) is 0 Å². The smallest absolute Gasteiger partial charge is 0.143 e. The maximum Gasteiger partial charge on any atom is 0.143 e. The Hall–Kier alpha value is -2.50. The maximum atomic E-state index is 4.30. The highest BCUT2D eigenvalue weighted by Gasteiger charge is 2.10. The molecule has 3 aromatic heterocycles. The van der Waals surface area contributed by atoms with Crippen LogP contribution < -0.4 is 5.32 Å². The number of H-pyrrole nitrogens is 1. The number of rotatable bonds is 3. The van der Waals surface area contributed by atoms with Gasteiger partial charge in [-0.25, -0.2) is 19.9 Å². The molecule has 0 aliphatic rings. The van der Waals surface area contributed by atoms with Crippen LogP contribution in [0.5, 0.6) is 0 Å². The normalized spacial score (nSPS) is 12.5. The van der Waals surface area contributed by atoms with Crippen molar-refractivity contribution in [3.63, 3.8) is 0 Å². The van der Waals surface area contributed by atoms with Gasteiger partial charge in [-0.1, -0.05) is 0 Å². The minimum absolute atomic E-state index is 0.0782. The Bertz CT molecular complexity index is 691. The first-order chi connectivity index (χ1) is 9.24. The molecule has 2 N–H and O–H groups in total. The fourth-order valence-electron chi connectivity index (χ4n) is 2.01. The van der Waals surface area contributed by atoms with E-state index in [0.717, 1.165) is 28.1 Å². The highest BCUT2D eigenvalue weighted by Crippen LogP contribution is 2.23. The van der Waals surface area contributed by atoms with Gasteiger partial charge in [-0.2, -0.15) is 0 Å². The van der Waals surface area contributed by atoms with Gasteiger partial charge in [0, 0.05) is 23.7 Å². The van der Waals surface area contributed by atoms with Gasteiger partial charge < -0.3 is 10.3 Å². The topological polar surface area (TPSA) is 79.4 Å². The van der Waals surface area contributed by atoms with Crippen LogP contribution in [0.15, 0.2) is 31.1 Å². The minimum atomic E-state index is 0.0782. The van der Waals surface area contributed by atoms with Crippen LogP contribution in [0.2, 0.25) is 0 Å². The Morgan fingerprint density at radius 3 is 2.74 bits per heavy atom. The van der Waals surface area contributed by atoms with Crippen LogP contribution in [-0.4, -0.2) is 24.9 Å².